The third-order valence-electron chi connectivity index (χ3n) is 1.97. The lowest BCUT2D eigenvalue weighted by Gasteiger charge is -2.11. The Morgan fingerprint density at radius 1 is 1.38 bits per heavy atom. The van der Waals surface area contributed by atoms with Crippen LogP contribution in [0.5, 0.6) is 0 Å². The average molecular weight is 247 g/mol. The molecule has 0 aliphatic heterocycles. The summed E-state index contributed by atoms with van der Waals surface area (Å²) in [5.74, 6) is 0.407. The second-order valence-electron chi connectivity index (χ2n) is 3.46. The fourth-order valence-electron chi connectivity index (χ4n) is 1.00. The highest BCUT2D eigenvalue weighted by molar-refractivity contribution is 7.98. The van der Waals surface area contributed by atoms with Crippen molar-refractivity contribution in [3.8, 4) is 0 Å². The molecule has 0 aliphatic carbocycles. The van der Waals surface area contributed by atoms with E-state index in [1.165, 1.54) is 0 Å². The molecule has 0 saturated heterocycles. The molecule has 94 valence electrons. The maximum Gasteiger partial charge on any atom is 0.239 e. The zero-order valence-electron chi connectivity index (χ0n) is 9.91. The van der Waals surface area contributed by atoms with Crippen LogP contribution in [0.3, 0.4) is 0 Å². The van der Waals surface area contributed by atoms with Gasteiger partial charge in [0.2, 0.25) is 11.8 Å². The molecule has 0 rings (SSSR count). The van der Waals surface area contributed by atoms with E-state index in [1.54, 1.807) is 11.8 Å². The lowest BCUT2D eigenvalue weighted by molar-refractivity contribution is -0.126. The Bertz CT molecular complexity index is 224. The fourth-order valence-corrected chi connectivity index (χ4v) is 1.49. The van der Waals surface area contributed by atoms with Crippen LogP contribution in [0.4, 0.5) is 0 Å². The summed E-state index contributed by atoms with van der Waals surface area (Å²) < 4.78 is 0. The number of carbonyl (C=O) groups is 2. The number of amides is 2. The smallest absolute Gasteiger partial charge is 0.239 e. The molecule has 0 saturated carbocycles. The van der Waals surface area contributed by atoms with Gasteiger partial charge in [0.15, 0.2) is 0 Å². The number of hydrogen-bond acceptors (Lipinski definition) is 4. The molecule has 6 heteroatoms. The third kappa shape index (κ3) is 7.53. The van der Waals surface area contributed by atoms with Gasteiger partial charge in [-0.1, -0.05) is 6.92 Å². The van der Waals surface area contributed by atoms with E-state index in [0.717, 1.165) is 12.2 Å². The quantitative estimate of drug-likeness (QED) is 0.550. The van der Waals surface area contributed by atoms with Crippen molar-refractivity contribution in [3.63, 3.8) is 0 Å². The summed E-state index contributed by atoms with van der Waals surface area (Å²) in [5, 5.41) is 5.19. The normalized spacial score (nSPS) is 11.9. The molecule has 0 spiro atoms. The van der Waals surface area contributed by atoms with E-state index in [-0.39, 0.29) is 18.4 Å². The van der Waals surface area contributed by atoms with Crippen molar-refractivity contribution in [2.24, 2.45) is 5.73 Å². The zero-order chi connectivity index (χ0) is 12.4. The molecule has 0 radical (unpaired) electrons. The number of hydrogen-bond donors (Lipinski definition) is 3. The maximum atomic E-state index is 11.4. The minimum Gasteiger partial charge on any atom is -0.355 e. The largest absolute Gasteiger partial charge is 0.355 e. The van der Waals surface area contributed by atoms with Crippen LogP contribution in [-0.2, 0) is 9.59 Å². The minimum absolute atomic E-state index is 0.00576. The second kappa shape index (κ2) is 9.47. The molecule has 4 N–H and O–H groups in total. The van der Waals surface area contributed by atoms with Crippen LogP contribution in [0.1, 0.15) is 19.8 Å². The van der Waals surface area contributed by atoms with Crippen LogP contribution in [0, 0.1) is 0 Å². The Kier molecular flexibility index (Phi) is 9.03. The third-order valence-corrected chi connectivity index (χ3v) is 2.61. The molecule has 2 amide bonds. The molecule has 0 aromatic rings. The molecule has 0 aliphatic rings. The molecule has 5 nitrogen and oxygen atoms in total. The maximum absolute atomic E-state index is 11.4. The number of rotatable bonds is 8. The van der Waals surface area contributed by atoms with E-state index < -0.39 is 6.04 Å². The van der Waals surface area contributed by atoms with Crippen molar-refractivity contribution in [2.75, 3.05) is 25.1 Å². The standard InChI is InChI=1S/C10H21N3O2S/c1-3-5-12-9(14)7-13-10(15)8(11)4-6-16-2/h8H,3-7,11H2,1-2H3,(H,12,14)(H,13,15)/t8-/m1/s1. The molecule has 16 heavy (non-hydrogen) atoms. The molecule has 0 aromatic heterocycles. The van der Waals surface area contributed by atoms with Gasteiger partial charge in [-0.2, -0.15) is 11.8 Å². The lowest BCUT2D eigenvalue weighted by Crippen LogP contribution is -2.45. The summed E-state index contributed by atoms with van der Waals surface area (Å²) in [5.41, 5.74) is 5.63. The molecule has 0 fully saturated rings. The van der Waals surface area contributed by atoms with Gasteiger partial charge >= 0.3 is 0 Å². The summed E-state index contributed by atoms with van der Waals surface area (Å²) in [6.07, 6.45) is 3.47. The first-order valence-electron chi connectivity index (χ1n) is 5.40. The van der Waals surface area contributed by atoms with E-state index in [0.29, 0.717) is 13.0 Å². The van der Waals surface area contributed by atoms with E-state index in [4.69, 9.17) is 5.73 Å². The zero-order valence-corrected chi connectivity index (χ0v) is 10.7. The van der Waals surface area contributed by atoms with Gasteiger partial charge in [0, 0.05) is 6.54 Å². The first kappa shape index (κ1) is 15.2. The molecule has 0 bridgehead atoms. The molecule has 0 heterocycles. The Hall–Kier alpha value is -0.750. The lowest BCUT2D eigenvalue weighted by atomic mass is 10.2. The van der Waals surface area contributed by atoms with Crippen LogP contribution >= 0.6 is 11.8 Å². The summed E-state index contributed by atoms with van der Waals surface area (Å²) in [6.45, 7) is 2.61. The van der Waals surface area contributed by atoms with E-state index in [1.807, 2.05) is 13.2 Å². The van der Waals surface area contributed by atoms with Gasteiger partial charge in [0.05, 0.1) is 12.6 Å². The Morgan fingerprint density at radius 2 is 2.06 bits per heavy atom. The van der Waals surface area contributed by atoms with Crippen LogP contribution in [0.2, 0.25) is 0 Å². The Morgan fingerprint density at radius 3 is 2.62 bits per heavy atom. The van der Waals surface area contributed by atoms with Crippen LogP contribution in [-0.4, -0.2) is 43.0 Å². The van der Waals surface area contributed by atoms with Gasteiger partial charge in [-0.05, 0) is 24.9 Å². The van der Waals surface area contributed by atoms with E-state index in [2.05, 4.69) is 10.6 Å². The first-order valence-corrected chi connectivity index (χ1v) is 6.80. The van der Waals surface area contributed by atoms with Gasteiger partial charge in [0.1, 0.15) is 0 Å². The van der Waals surface area contributed by atoms with Crippen molar-refractivity contribution in [2.45, 2.75) is 25.8 Å². The highest BCUT2D eigenvalue weighted by atomic mass is 32.2. The topological polar surface area (TPSA) is 84.2 Å². The molecule has 0 unspecified atom stereocenters. The fraction of sp³-hybridized carbons (Fsp3) is 0.800. The van der Waals surface area contributed by atoms with Crippen LogP contribution < -0.4 is 16.4 Å². The van der Waals surface area contributed by atoms with E-state index in [9.17, 15) is 9.59 Å². The number of nitrogens with two attached hydrogens (primary N) is 1. The van der Waals surface area contributed by atoms with Crippen molar-refractivity contribution >= 4 is 23.6 Å². The molecule has 0 aromatic carbocycles. The van der Waals surface area contributed by atoms with Crippen molar-refractivity contribution in [3.05, 3.63) is 0 Å². The SMILES string of the molecule is CCCNC(=O)CNC(=O)[C@H](N)CCSC. The summed E-state index contributed by atoms with van der Waals surface area (Å²) >= 11 is 1.64. The van der Waals surface area contributed by atoms with Crippen molar-refractivity contribution < 1.29 is 9.59 Å². The summed E-state index contributed by atoms with van der Waals surface area (Å²) in [7, 11) is 0. The molecular formula is C10H21N3O2S. The number of carbonyl (C=O) groups excluding carboxylic acids is 2. The summed E-state index contributed by atoms with van der Waals surface area (Å²) in [6, 6.07) is -0.522. The molecular weight excluding hydrogens is 226 g/mol. The van der Waals surface area contributed by atoms with Gasteiger partial charge < -0.3 is 16.4 Å². The van der Waals surface area contributed by atoms with Crippen LogP contribution in [0.25, 0.3) is 0 Å². The Labute approximate surface area is 101 Å². The number of thioether (sulfide) groups is 1. The summed E-state index contributed by atoms with van der Waals surface area (Å²) in [4.78, 5) is 22.6. The van der Waals surface area contributed by atoms with Crippen molar-refractivity contribution in [1.82, 2.24) is 10.6 Å². The highest BCUT2D eigenvalue weighted by Gasteiger charge is 2.13. The second-order valence-corrected chi connectivity index (χ2v) is 4.44. The Balaban J connectivity index is 3.66. The van der Waals surface area contributed by atoms with E-state index >= 15 is 0 Å². The predicted molar refractivity (Wildman–Crippen MR) is 67.3 cm³/mol. The predicted octanol–water partition coefficient (Wildman–Crippen LogP) is -0.291. The average Bonchev–Trinajstić information content (AvgIpc) is 2.30. The highest BCUT2D eigenvalue weighted by Crippen LogP contribution is 1.98. The van der Waals surface area contributed by atoms with Crippen LogP contribution in [0.15, 0.2) is 0 Å². The van der Waals surface area contributed by atoms with Gasteiger partial charge in [-0.15, -0.1) is 0 Å². The van der Waals surface area contributed by atoms with Gasteiger partial charge in [-0.3, -0.25) is 9.59 Å². The van der Waals surface area contributed by atoms with Gasteiger partial charge in [0.25, 0.3) is 0 Å². The number of nitrogens with one attached hydrogen (secondary N) is 2. The minimum atomic E-state index is -0.522. The van der Waals surface area contributed by atoms with Gasteiger partial charge in [-0.25, -0.2) is 0 Å². The van der Waals surface area contributed by atoms with Crippen molar-refractivity contribution in [1.29, 1.82) is 0 Å². The monoisotopic (exact) mass is 247 g/mol. The first-order chi connectivity index (χ1) is 7.61. The molecule has 1 atom stereocenters.